The van der Waals surface area contributed by atoms with Crippen molar-refractivity contribution in [1.82, 2.24) is 15.3 Å². The Labute approximate surface area is 110 Å². The summed E-state index contributed by atoms with van der Waals surface area (Å²) >= 11 is 0. The number of hydrogen-bond donors (Lipinski definition) is 1. The summed E-state index contributed by atoms with van der Waals surface area (Å²) < 4.78 is 0. The van der Waals surface area contributed by atoms with E-state index in [1.807, 2.05) is 6.20 Å². The van der Waals surface area contributed by atoms with Gasteiger partial charge in [-0.3, -0.25) is 0 Å². The van der Waals surface area contributed by atoms with Gasteiger partial charge in [0.15, 0.2) is 0 Å². The molecule has 1 fully saturated rings. The summed E-state index contributed by atoms with van der Waals surface area (Å²) in [5.41, 5.74) is 2.54. The third-order valence-corrected chi connectivity index (χ3v) is 3.46. The maximum absolute atomic E-state index is 4.80. The second kappa shape index (κ2) is 6.14. The van der Waals surface area contributed by atoms with Crippen LogP contribution in [0.4, 0.5) is 5.95 Å². The first-order valence-corrected chi connectivity index (χ1v) is 7.11. The molecule has 1 saturated carbocycles. The van der Waals surface area contributed by atoms with Crippen molar-refractivity contribution in [3.05, 3.63) is 17.5 Å². The molecule has 1 aromatic heterocycles. The second-order valence-corrected chi connectivity index (χ2v) is 4.81. The van der Waals surface area contributed by atoms with E-state index in [-0.39, 0.29) is 0 Å². The van der Waals surface area contributed by atoms with Crippen LogP contribution in [-0.4, -0.2) is 29.6 Å². The zero-order valence-corrected chi connectivity index (χ0v) is 11.7. The predicted octanol–water partition coefficient (Wildman–Crippen LogP) is 2.31. The topological polar surface area (TPSA) is 41.1 Å². The minimum absolute atomic E-state index is 0.677. The highest BCUT2D eigenvalue weighted by Crippen LogP contribution is 2.40. The lowest BCUT2D eigenvalue weighted by atomic mass is 10.1. The summed E-state index contributed by atoms with van der Waals surface area (Å²) in [7, 11) is 0. The number of rotatable bonds is 7. The van der Waals surface area contributed by atoms with E-state index in [0.717, 1.165) is 32.1 Å². The predicted molar refractivity (Wildman–Crippen MR) is 74.9 cm³/mol. The van der Waals surface area contributed by atoms with E-state index in [0.29, 0.717) is 5.92 Å². The van der Waals surface area contributed by atoms with Gasteiger partial charge in [-0.25, -0.2) is 9.97 Å². The maximum Gasteiger partial charge on any atom is 0.225 e. The van der Waals surface area contributed by atoms with Crippen LogP contribution in [0.5, 0.6) is 0 Å². The summed E-state index contributed by atoms with van der Waals surface area (Å²) in [6, 6.07) is 0. The van der Waals surface area contributed by atoms with Crippen molar-refractivity contribution in [3.63, 3.8) is 0 Å². The van der Waals surface area contributed by atoms with Gasteiger partial charge in [0.05, 0.1) is 5.69 Å². The van der Waals surface area contributed by atoms with Crippen LogP contribution in [0.2, 0.25) is 0 Å². The smallest absolute Gasteiger partial charge is 0.225 e. The summed E-state index contributed by atoms with van der Waals surface area (Å²) in [4.78, 5) is 11.5. The van der Waals surface area contributed by atoms with Crippen LogP contribution in [0.25, 0.3) is 0 Å². The zero-order valence-electron chi connectivity index (χ0n) is 11.7. The molecule has 0 bridgehead atoms. The third kappa shape index (κ3) is 2.99. The number of nitrogens with one attached hydrogen (secondary N) is 1. The molecule has 0 spiro atoms. The highest BCUT2D eigenvalue weighted by molar-refractivity contribution is 5.35. The van der Waals surface area contributed by atoms with E-state index in [4.69, 9.17) is 4.98 Å². The summed E-state index contributed by atoms with van der Waals surface area (Å²) in [5, 5.41) is 3.37. The third-order valence-electron chi connectivity index (χ3n) is 3.46. The molecule has 2 rings (SSSR count). The van der Waals surface area contributed by atoms with Crippen molar-refractivity contribution in [3.8, 4) is 0 Å². The molecule has 1 aromatic rings. The molecule has 18 heavy (non-hydrogen) atoms. The first-order chi connectivity index (χ1) is 8.80. The van der Waals surface area contributed by atoms with Crippen molar-refractivity contribution in [2.75, 3.05) is 24.5 Å². The van der Waals surface area contributed by atoms with E-state index in [2.05, 4.69) is 36.0 Å². The lowest BCUT2D eigenvalue weighted by molar-refractivity contribution is 0.705. The molecule has 0 aliphatic heterocycles. The monoisotopic (exact) mass is 248 g/mol. The van der Waals surface area contributed by atoms with Crippen LogP contribution in [-0.2, 0) is 6.54 Å². The van der Waals surface area contributed by atoms with Gasteiger partial charge in [-0.1, -0.05) is 6.92 Å². The van der Waals surface area contributed by atoms with Crippen LogP contribution in [0.15, 0.2) is 6.20 Å². The summed E-state index contributed by atoms with van der Waals surface area (Å²) in [6.07, 6.45) is 4.58. The molecule has 1 aliphatic carbocycles. The Morgan fingerprint density at radius 2 is 2.00 bits per heavy atom. The number of anilines is 1. The quantitative estimate of drug-likeness (QED) is 0.804. The van der Waals surface area contributed by atoms with Gasteiger partial charge < -0.3 is 10.2 Å². The van der Waals surface area contributed by atoms with E-state index in [1.54, 1.807) is 0 Å². The van der Waals surface area contributed by atoms with Gasteiger partial charge in [-0.05, 0) is 33.2 Å². The Balaban J connectivity index is 2.22. The van der Waals surface area contributed by atoms with E-state index in [1.165, 1.54) is 24.1 Å². The van der Waals surface area contributed by atoms with Gasteiger partial charge in [-0.15, -0.1) is 0 Å². The Kier molecular flexibility index (Phi) is 4.53. The van der Waals surface area contributed by atoms with Crippen molar-refractivity contribution < 1.29 is 0 Å². The molecule has 1 heterocycles. The fourth-order valence-corrected chi connectivity index (χ4v) is 2.18. The van der Waals surface area contributed by atoms with Gasteiger partial charge in [0, 0.05) is 37.3 Å². The molecular weight excluding hydrogens is 224 g/mol. The van der Waals surface area contributed by atoms with Gasteiger partial charge in [0.2, 0.25) is 5.95 Å². The molecule has 0 unspecified atom stereocenters. The SMILES string of the molecule is CCNCc1cnc(N(CC)CC)nc1C1CC1. The molecule has 0 amide bonds. The Hall–Kier alpha value is -1.16. The van der Waals surface area contributed by atoms with E-state index in [9.17, 15) is 0 Å². The molecule has 0 radical (unpaired) electrons. The molecule has 4 heteroatoms. The second-order valence-electron chi connectivity index (χ2n) is 4.81. The standard InChI is InChI=1S/C14H24N4/c1-4-15-9-12-10-16-14(18(5-2)6-3)17-13(12)11-7-8-11/h10-11,15H,4-9H2,1-3H3. The lowest BCUT2D eigenvalue weighted by Crippen LogP contribution is -2.25. The molecule has 1 aliphatic rings. The van der Waals surface area contributed by atoms with Crippen LogP contribution >= 0.6 is 0 Å². The zero-order chi connectivity index (χ0) is 13.0. The number of hydrogen-bond acceptors (Lipinski definition) is 4. The van der Waals surface area contributed by atoms with Gasteiger partial charge >= 0.3 is 0 Å². The fraction of sp³-hybridized carbons (Fsp3) is 0.714. The van der Waals surface area contributed by atoms with Crippen LogP contribution < -0.4 is 10.2 Å². The minimum Gasteiger partial charge on any atom is -0.341 e. The van der Waals surface area contributed by atoms with Crippen molar-refractivity contribution in [1.29, 1.82) is 0 Å². The highest BCUT2D eigenvalue weighted by atomic mass is 15.2. The number of nitrogens with zero attached hydrogens (tertiary/aromatic N) is 3. The van der Waals surface area contributed by atoms with Gasteiger partial charge in [0.1, 0.15) is 0 Å². The Morgan fingerprint density at radius 3 is 2.56 bits per heavy atom. The van der Waals surface area contributed by atoms with Gasteiger partial charge in [-0.2, -0.15) is 0 Å². The van der Waals surface area contributed by atoms with Gasteiger partial charge in [0.25, 0.3) is 0 Å². The minimum atomic E-state index is 0.677. The Bertz CT molecular complexity index is 383. The number of aromatic nitrogens is 2. The average molecular weight is 248 g/mol. The highest BCUT2D eigenvalue weighted by Gasteiger charge is 2.28. The molecule has 100 valence electrons. The van der Waals surface area contributed by atoms with Crippen molar-refractivity contribution >= 4 is 5.95 Å². The first kappa shape index (κ1) is 13.3. The van der Waals surface area contributed by atoms with E-state index < -0.39 is 0 Å². The average Bonchev–Trinajstić information content (AvgIpc) is 3.22. The fourth-order valence-electron chi connectivity index (χ4n) is 2.18. The normalized spacial score (nSPS) is 14.8. The van der Waals surface area contributed by atoms with Crippen LogP contribution in [0, 0.1) is 0 Å². The molecular formula is C14H24N4. The molecule has 4 nitrogen and oxygen atoms in total. The molecule has 0 atom stereocenters. The largest absolute Gasteiger partial charge is 0.341 e. The Morgan fingerprint density at radius 1 is 1.28 bits per heavy atom. The summed E-state index contributed by atoms with van der Waals surface area (Å²) in [5.74, 6) is 1.57. The van der Waals surface area contributed by atoms with Crippen LogP contribution in [0.1, 0.15) is 50.8 Å². The maximum atomic E-state index is 4.80. The molecule has 0 aromatic carbocycles. The first-order valence-electron chi connectivity index (χ1n) is 7.11. The van der Waals surface area contributed by atoms with Crippen LogP contribution in [0.3, 0.4) is 0 Å². The van der Waals surface area contributed by atoms with E-state index >= 15 is 0 Å². The summed E-state index contributed by atoms with van der Waals surface area (Å²) in [6.45, 7) is 10.2. The lowest BCUT2D eigenvalue weighted by Gasteiger charge is -2.20. The molecule has 1 N–H and O–H groups in total. The van der Waals surface area contributed by atoms with Crippen molar-refractivity contribution in [2.45, 2.75) is 46.1 Å². The molecule has 0 saturated heterocycles. The van der Waals surface area contributed by atoms with Crippen molar-refractivity contribution in [2.24, 2.45) is 0 Å².